The van der Waals surface area contributed by atoms with Crippen molar-refractivity contribution < 1.29 is 26.4 Å². The molecular weight excluding hydrogens is 331 g/mol. The van der Waals surface area contributed by atoms with Crippen LogP contribution < -0.4 is 0 Å². The summed E-state index contributed by atoms with van der Waals surface area (Å²) in [7, 11) is -2.29. The first kappa shape index (κ1) is 17.8. The molecule has 0 atom stereocenters. The van der Waals surface area contributed by atoms with E-state index in [4.69, 9.17) is 0 Å². The number of hydrogen-bond donors (Lipinski definition) is 0. The molecule has 1 amide bonds. The van der Waals surface area contributed by atoms with Crippen LogP contribution in [-0.4, -0.2) is 36.3 Å². The molecule has 0 heterocycles. The normalized spacial score (nSPS) is 15.6. The molecule has 4 nitrogen and oxygen atoms in total. The summed E-state index contributed by atoms with van der Waals surface area (Å²) in [5, 5.41) is -0.504. The lowest BCUT2D eigenvalue weighted by Crippen LogP contribution is -2.49. The van der Waals surface area contributed by atoms with Crippen LogP contribution in [0, 0.1) is 17.5 Å². The highest BCUT2D eigenvalue weighted by Crippen LogP contribution is 2.37. The standard InChI is InChI=1S/C15H18F3NO3S/c1-15(2,23(21,22)10-4-5-10)14(20)19(3)8-9-6-11(16)13(18)12(17)7-9/h6-7,10H,4-5,8H2,1-3H3. The predicted octanol–water partition coefficient (Wildman–Crippen LogP) is 2.42. The van der Waals surface area contributed by atoms with Crippen molar-refractivity contribution in [3.63, 3.8) is 0 Å². The quantitative estimate of drug-likeness (QED) is 0.767. The Morgan fingerprint density at radius 1 is 1.22 bits per heavy atom. The SMILES string of the molecule is CN(Cc1cc(F)c(F)c(F)c1)C(=O)C(C)(C)S(=O)(=O)C1CC1. The van der Waals surface area contributed by atoms with Gasteiger partial charge >= 0.3 is 0 Å². The molecule has 1 aromatic carbocycles. The summed E-state index contributed by atoms with van der Waals surface area (Å²) in [4.78, 5) is 13.5. The van der Waals surface area contributed by atoms with Crippen molar-refractivity contribution in [2.75, 3.05) is 7.05 Å². The van der Waals surface area contributed by atoms with E-state index in [1.54, 1.807) is 0 Å². The molecule has 1 aliphatic carbocycles. The number of nitrogens with zero attached hydrogens (tertiary/aromatic N) is 1. The van der Waals surface area contributed by atoms with E-state index in [9.17, 15) is 26.4 Å². The average molecular weight is 349 g/mol. The number of benzene rings is 1. The molecule has 0 aromatic heterocycles. The topological polar surface area (TPSA) is 54.5 Å². The monoisotopic (exact) mass is 349 g/mol. The van der Waals surface area contributed by atoms with E-state index in [2.05, 4.69) is 0 Å². The zero-order valence-electron chi connectivity index (χ0n) is 13.1. The summed E-state index contributed by atoms with van der Waals surface area (Å²) in [6, 6.07) is 1.56. The minimum Gasteiger partial charge on any atom is -0.340 e. The maximum atomic E-state index is 13.2. The van der Waals surface area contributed by atoms with Crippen LogP contribution in [0.15, 0.2) is 12.1 Å². The van der Waals surface area contributed by atoms with Crippen molar-refractivity contribution in [3.8, 4) is 0 Å². The molecule has 1 fully saturated rings. The number of hydrogen-bond acceptors (Lipinski definition) is 3. The highest BCUT2D eigenvalue weighted by Gasteiger charge is 2.51. The second-order valence-electron chi connectivity index (χ2n) is 6.29. The Morgan fingerprint density at radius 2 is 1.70 bits per heavy atom. The van der Waals surface area contributed by atoms with Gasteiger partial charge in [-0.3, -0.25) is 4.79 Å². The Morgan fingerprint density at radius 3 is 2.13 bits per heavy atom. The second kappa shape index (κ2) is 5.81. The lowest BCUT2D eigenvalue weighted by molar-refractivity contribution is -0.132. The molecule has 0 spiro atoms. The van der Waals surface area contributed by atoms with Crippen molar-refractivity contribution in [1.29, 1.82) is 0 Å². The van der Waals surface area contributed by atoms with Gasteiger partial charge in [0, 0.05) is 13.6 Å². The molecule has 0 saturated heterocycles. The van der Waals surface area contributed by atoms with Gasteiger partial charge in [-0.2, -0.15) is 0 Å². The number of halogens is 3. The number of amides is 1. The largest absolute Gasteiger partial charge is 0.340 e. The van der Waals surface area contributed by atoms with Crippen LogP contribution in [0.2, 0.25) is 0 Å². The number of rotatable bonds is 5. The van der Waals surface area contributed by atoms with Crippen LogP contribution in [0.4, 0.5) is 13.2 Å². The first-order valence-corrected chi connectivity index (χ1v) is 8.65. The lowest BCUT2D eigenvalue weighted by Gasteiger charge is -2.29. The molecule has 23 heavy (non-hydrogen) atoms. The third kappa shape index (κ3) is 3.22. The summed E-state index contributed by atoms with van der Waals surface area (Å²) >= 11 is 0. The van der Waals surface area contributed by atoms with Crippen molar-refractivity contribution in [1.82, 2.24) is 4.90 Å². The third-order valence-corrected chi connectivity index (χ3v) is 6.95. The van der Waals surface area contributed by atoms with Crippen LogP contribution in [-0.2, 0) is 21.2 Å². The molecule has 0 unspecified atom stereocenters. The average Bonchev–Trinajstić information content (AvgIpc) is 3.28. The van der Waals surface area contributed by atoms with Crippen molar-refractivity contribution >= 4 is 15.7 Å². The molecular formula is C15H18F3NO3S. The Hall–Kier alpha value is -1.57. The summed E-state index contributed by atoms with van der Waals surface area (Å²) in [6.45, 7) is 2.42. The van der Waals surface area contributed by atoms with E-state index in [0.29, 0.717) is 12.8 Å². The number of carbonyl (C=O) groups is 1. The fraction of sp³-hybridized carbons (Fsp3) is 0.533. The third-order valence-electron chi connectivity index (χ3n) is 4.00. The van der Waals surface area contributed by atoms with Gasteiger partial charge in [0.05, 0.1) is 5.25 Å². The molecule has 0 aliphatic heterocycles. The second-order valence-corrected chi connectivity index (χ2v) is 9.07. The highest BCUT2D eigenvalue weighted by molar-refractivity contribution is 7.94. The van der Waals surface area contributed by atoms with Crippen LogP contribution in [0.5, 0.6) is 0 Å². The zero-order valence-corrected chi connectivity index (χ0v) is 13.9. The van der Waals surface area contributed by atoms with E-state index < -0.39 is 43.2 Å². The summed E-state index contributed by atoms with van der Waals surface area (Å²) < 4.78 is 62.4. The maximum absolute atomic E-state index is 13.2. The van der Waals surface area contributed by atoms with Gasteiger partial charge < -0.3 is 4.90 Å². The van der Waals surface area contributed by atoms with Gasteiger partial charge in [0.2, 0.25) is 5.91 Å². The Balaban J connectivity index is 2.20. The van der Waals surface area contributed by atoms with Crippen LogP contribution in [0.1, 0.15) is 32.3 Å². The smallest absolute Gasteiger partial charge is 0.243 e. The van der Waals surface area contributed by atoms with E-state index in [1.165, 1.54) is 20.9 Å². The van der Waals surface area contributed by atoms with Crippen molar-refractivity contribution in [2.24, 2.45) is 0 Å². The van der Waals surface area contributed by atoms with E-state index in [0.717, 1.165) is 17.0 Å². The molecule has 1 saturated carbocycles. The number of sulfone groups is 1. The van der Waals surface area contributed by atoms with Crippen LogP contribution in [0.3, 0.4) is 0 Å². The zero-order chi connectivity index (χ0) is 17.6. The van der Waals surface area contributed by atoms with Gasteiger partial charge in [0.1, 0.15) is 4.75 Å². The molecule has 0 radical (unpaired) electrons. The van der Waals surface area contributed by atoms with Gasteiger partial charge in [-0.25, -0.2) is 21.6 Å². The summed E-state index contributed by atoms with van der Waals surface area (Å²) in [6.07, 6.45) is 1.08. The Bertz CT molecular complexity index is 719. The lowest BCUT2D eigenvalue weighted by atomic mass is 10.1. The minimum absolute atomic E-state index is 0.0388. The highest BCUT2D eigenvalue weighted by atomic mass is 32.2. The van der Waals surface area contributed by atoms with Crippen LogP contribution in [0.25, 0.3) is 0 Å². The van der Waals surface area contributed by atoms with E-state index in [-0.39, 0.29) is 12.1 Å². The van der Waals surface area contributed by atoms with Gasteiger partial charge in [-0.15, -0.1) is 0 Å². The van der Waals surface area contributed by atoms with Gasteiger partial charge in [0.25, 0.3) is 0 Å². The summed E-state index contributed by atoms with van der Waals surface area (Å²) in [5.74, 6) is -4.97. The van der Waals surface area contributed by atoms with Crippen LogP contribution >= 0.6 is 0 Å². The molecule has 1 aromatic rings. The van der Waals surface area contributed by atoms with Gasteiger partial charge in [-0.1, -0.05) is 0 Å². The predicted molar refractivity (Wildman–Crippen MR) is 78.8 cm³/mol. The van der Waals surface area contributed by atoms with E-state index >= 15 is 0 Å². The minimum atomic E-state index is -3.62. The molecule has 8 heteroatoms. The molecule has 128 valence electrons. The maximum Gasteiger partial charge on any atom is 0.243 e. The Kier molecular flexibility index (Phi) is 4.49. The fourth-order valence-electron chi connectivity index (χ4n) is 2.42. The van der Waals surface area contributed by atoms with Gasteiger partial charge in [-0.05, 0) is 44.4 Å². The first-order chi connectivity index (χ1) is 10.5. The molecule has 0 bridgehead atoms. The molecule has 0 N–H and O–H groups in total. The molecule has 2 rings (SSSR count). The van der Waals surface area contributed by atoms with Crippen molar-refractivity contribution in [3.05, 3.63) is 35.1 Å². The Labute approximate surface area is 133 Å². The fourth-order valence-corrected chi connectivity index (χ4v) is 4.41. The van der Waals surface area contributed by atoms with Crippen molar-refractivity contribution in [2.45, 2.75) is 43.2 Å². The molecule has 1 aliphatic rings. The van der Waals surface area contributed by atoms with E-state index in [1.807, 2.05) is 0 Å². The number of carbonyl (C=O) groups excluding carboxylic acids is 1. The first-order valence-electron chi connectivity index (χ1n) is 7.11. The van der Waals surface area contributed by atoms with Gasteiger partial charge in [0.15, 0.2) is 27.3 Å². The summed E-state index contributed by atoms with van der Waals surface area (Å²) in [5.41, 5.74) is 0.0388.